The molecular weight excluding hydrogens is 316 g/mol. The normalized spacial score (nSPS) is 10.8. The number of hydrogen-bond acceptors (Lipinski definition) is 2. The maximum absolute atomic E-state index is 14.0. The van der Waals surface area contributed by atoms with E-state index in [0.29, 0.717) is 5.95 Å². The largest absolute Gasteiger partial charge is 0.355 e. The predicted molar refractivity (Wildman–Crippen MR) is 74.7 cm³/mol. The van der Waals surface area contributed by atoms with E-state index >= 15 is 0 Å². The summed E-state index contributed by atoms with van der Waals surface area (Å²) in [5.41, 5.74) is 0.876. The summed E-state index contributed by atoms with van der Waals surface area (Å²) < 4.78 is 29.2. The highest BCUT2D eigenvalue weighted by atomic mass is 79.9. The van der Waals surface area contributed by atoms with Crippen molar-refractivity contribution in [2.75, 3.05) is 11.9 Å². The van der Waals surface area contributed by atoms with Crippen LogP contribution < -0.4 is 5.32 Å². The Morgan fingerprint density at radius 2 is 2.05 bits per heavy atom. The number of imidazole rings is 1. The van der Waals surface area contributed by atoms with Gasteiger partial charge in [-0.15, -0.1) is 0 Å². The molecule has 0 aliphatic carbocycles. The van der Waals surface area contributed by atoms with Crippen LogP contribution >= 0.6 is 15.9 Å². The van der Waals surface area contributed by atoms with E-state index in [2.05, 4.69) is 26.2 Å². The first-order valence-corrected chi connectivity index (χ1v) is 6.77. The van der Waals surface area contributed by atoms with Gasteiger partial charge >= 0.3 is 0 Å². The zero-order valence-corrected chi connectivity index (χ0v) is 12.3. The standard InChI is InChI=1S/C13H14BrF2N3/c1-3-4-17-13-18-8(2)7-19(13)12-6-10(15)9(14)5-11(12)16/h5-7H,3-4H2,1-2H3,(H,17,18). The second-order valence-electron chi connectivity index (χ2n) is 4.22. The quantitative estimate of drug-likeness (QED) is 0.858. The van der Waals surface area contributed by atoms with E-state index < -0.39 is 11.6 Å². The summed E-state index contributed by atoms with van der Waals surface area (Å²) in [4.78, 5) is 4.27. The van der Waals surface area contributed by atoms with Crippen molar-refractivity contribution in [3.8, 4) is 5.69 Å². The fraction of sp³-hybridized carbons (Fsp3) is 0.308. The van der Waals surface area contributed by atoms with Gasteiger partial charge in [0.15, 0.2) is 0 Å². The minimum Gasteiger partial charge on any atom is -0.355 e. The molecule has 3 nitrogen and oxygen atoms in total. The lowest BCUT2D eigenvalue weighted by Gasteiger charge is -2.10. The van der Waals surface area contributed by atoms with Crippen molar-refractivity contribution in [1.29, 1.82) is 0 Å². The van der Waals surface area contributed by atoms with Gasteiger partial charge in [0.1, 0.15) is 11.6 Å². The van der Waals surface area contributed by atoms with E-state index in [4.69, 9.17) is 0 Å². The fourth-order valence-electron chi connectivity index (χ4n) is 1.74. The molecular formula is C13H14BrF2N3. The number of aryl methyl sites for hydroxylation is 1. The van der Waals surface area contributed by atoms with Crippen molar-refractivity contribution < 1.29 is 8.78 Å². The van der Waals surface area contributed by atoms with Gasteiger partial charge in [0, 0.05) is 18.8 Å². The lowest BCUT2D eigenvalue weighted by molar-refractivity contribution is 0.587. The van der Waals surface area contributed by atoms with Crippen molar-refractivity contribution >= 4 is 21.9 Å². The van der Waals surface area contributed by atoms with Crippen LogP contribution in [0.3, 0.4) is 0 Å². The summed E-state index contributed by atoms with van der Waals surface area (Å²) >= 11 is 2.96. The third-order valence-electron chi connectivity index (χ3n) is 2.61. The Morgan fingerprint density at radius 3 is 2.74 bits per heavy atom. The van der Waals surface area contributed by atoms with Gasteiger partial charge in [-0.2, -0.15) is 0 Å². The summed E-state index contributed by atoms with van der Waals surface area (Å²) in [5.74, 6) is -0.505. The number of aromatic nitrogens is 2. The first kappa shape index (κ1) is 14.0. The second-order valence-corrected chi connectivity index (χ2v) is 5.07. The van der Waals surface area contributed by atoms with Crippen LogP contribution in [0.25, 0.3) is 5.69 Å². The summed E-state index contributed by atoms with van der Waals surface area (Å²) in [5, 5.41) is 3.09. The number of benzene rings is 1. The zero-order chi connectivity index (χ0) is 14.0. The zero-order valence-electron chi connectivity index (χ0n) is 10.7. The molecule has 0 aliphatic rings. The molecule has 2 rings (SSSR count). The highest BCUT2D eigenvalue weighted by molar-refractivity contribution is 9.10. The molecule has 0 radical (unpaired) electrons. The molecule has 1 heterocycles. The van der Waals surface area contributed by atoms with Gasteiger partial charge < -0.3 is 5.32 Å². The molecule has 0 saturated heterocycles. The molecule has 0 saturated carbocycles. The van der Waals surface area contributed by atoms with E-state index in [0.717, 1.165) is 30.8 Å². The number of nitrogens with one attached hydrogen (secondary N) is 1. The van der Waals surface area contributed by atoms with Gasteiger partial charge in [-0.05, 0) is 35.3 Å². The van der Waals surface area contributed by atoms with E-state index in [1.165, 1.54) is 4.57 Å². The molecule has 0 amide bonds. The van der Waals surface area contributed by atoms with Crippen LogP contribution in [0, 0.1) is 18.6 Å². The summed E-state index contributed by atoms with van der Waals surface area (Å²) in [7, 11) is 0. The maximum atomic E-state index is 14.0. The van der Waals surface area contributed by atoms with Gasteiger partial charge in [-0.1, -0.05) is 6.92 Å². The molecule has 1 aromatic carbocycles. The Bertz CT molecular complexity index is 596. The predicted octanol–water partition coefficient (Wildman–Crippen LogP) is 4.04. The van der Waals surface area contributed by atoms with Crippen LogP contribution in [0.1, 0.15) is 19.0 Å². The Hall–Kier alpha value is -1.43. The maximum Gasteiger partial charge on any atom is 0.207 e. The van der Waals surface area contributed by atoms with Crippen LogP contribution in [-0.4, -0.2) is 16.1 Å². The molecule has 0 bridgehead atoms. The number of hydrogen-bond donors (Lipinski definition) is 1. The minimum absolute atomic E-state index is 0.105. The van der Waals surface area contributed by atoms with Gasteiger partial charge in [0.05, 0.1) is 15.9 Å². The fourth-order valence-corrected chi connectivity index (χ4v) is 2.06. The Labute approximate surface area is 118 Å². The summed E-state index contributed by atoms with van der Waals surface area (Å²) in [6.07, 6.45) is 2.59. The molecule has 1 N–H and O–H groups in total. The molecule has 0 fully saturated rings. The van der Waals surface area contributed by atoms with E-state index in [1.54, 1.807) is 13.1 Å². The van der Waals surface area contributed by atoms with Crippen molar-refractivity contribution in [3.63, 3.8) is 0 Å². The average molecular weight is 330 g/mol. The number of rotatable bonds is 4. The monoisotopic (exact) mass is 329 g/mol. The van der Waals surface area contributed by atoms with Gasteiger partial charge in [0.25, 0.3) is 0 Å². The molecule has 6 heteroatoms. The Morgan fingerprint density at radius 1 is 1.32 bits per heavy atom. The number of anilines is 1. The second kappa shape index (κ2) is 5.69. The summed E-state index contributed by atoms with van der Waals surface area (Å²) in [6, 6.07) is 2.27. The molecule has 0 spiro atoms. The van der Waals surface area contributed by atoms with Crippen molar-refractivity contribution in [1.82, 2.24) is 9.55 Å². The Kier molecular flexibility index (Phi) is 4.19. The molecule has 19 heavy (non-hydrogen) atoms. The molecule has 0 aliphatic heterocycles. The number of halogens is 3. The van der Waals surface area contributed by atoms with Gasteiger partial charge in [-0.3, -0.25) is 4.57 Å². The van der Waals surface area contributed by atoms with Crippen molar-refractivity contribution in [2.45, 2.75) is 20.3 Å². The highest BCUT2D eigenvalue weighted by Gasteiger charge is 2.14. The SMILES string of the molecule is CCCNc1nc(C)cn1-c1cc(F)c(Br)cc1F. The van der Waals surface area contributed by atoms with E-state index in [-0.39, 0.29) is 10.2 Å². The summed E-state index contributed by atoms with van der Waals surface area (Å²) in [6.45, 7) is 4.55. The van der Waals surface area contributed by atoms with Crippen molar-refractivity contribution in [3.05, 3.63) is 40.1 Å². The van der Waals surface area contributed by atoms with Crippen LogP contribution in [0.15, 0.2) is 22.8 Å². The minimum atomic E-state index is -0.510. The molecule has 0 atom stereocenters. The molecule has 2 aromatic rings. The highest BCUT2D eigenvalue weighted by Crippen LogP contribution is 2.25. The van der Waals surface area contributed by atoms with Crippen LogP contribution in [0.4, 0.5) is 14.7 Å². The van der Waals surface area contributed by atoms with Gasteiger partial charge in [0.2, 0.25) is 5.95 Å². The smallest absolute Gasteiger partial charge is 0.207 e. The lowest BCUT2D eigenvalue weighted by atomic mass is 10.3. The van der Waals surface area contributed by atoms with Gasteiger partial charge in [-0.25, -0.2) is 13.8 Å². The van der Waals surface area contributed by atoms with Crippen molar-refractivity contribution in [2.24, 2.45) is 0 Å². The molecule has 0 unspecified atom stereocenters. The van der Waals surface area contributed by atoms with Crippen LogP contribution in [0.2, 0.25) is 0 Å². The number of nitrogens with zero attached hydrogens (tertiary/aromatic N) is 2. The lowest BCUT2D eigenvalue weighted by Crippen LogP contribution is -2.08. The first-order valence-electron chi connectivity index (χ1n) is 5.97. The topological polar surface area (TPSA) is 29.9 Å². The third-order valence-corrected chi connectivity index (χ3v) is 3.22. The third kappa shape index (κ3) is 2.94. The molecule has 1 aromatic heterocycles. The Balaban J connectivity index is 2.49. The average Bonchev–Trinajstić information content (AvgIpc) is 2.72. The van der Waals surface area contributed by atoms with E-state index in [1.807, 2.05) is 6.92 Å². The van der Waals surface area contributed by atoms with E-state index in [9.17, 15) is 8.78 Å². The van der Waals surface area contributed by atoms with Crippen LogP contribution in [-0.2, 0) is 0 Å². The van der Waals surface area contributed by atoms with Crippen LogP contribution in [0.5, 0.6) is 0 Å². The molecule has 102 valence electrons. The first-order chi connectivity index (χ1) is 9.02.